The molecule has 2 aromatic carbocycles. The van der Waals surface area contributed by atoms with E-state index in [0.29, 0.717) is 17.2 Å². The molecule has 0 radical (unpaired) electrons. The maximum Gasteiger partial charge on any atom is 0.263 e. The highest BCUT2D eigenvalue weighted by Gasteiger charge is 2.16. The number of anilines is 2. The number of carbonyl (C=O) groups excluding carboxylic acids is 1. The molecule has 8 nitrogen and oxygen atoms in total. The number of benzene rings is 2. The maximum atomic E-state index is 12.4. The minimum atomic E-state index is -3.81. The van der Waals surface area contributed by atoms with E-state index >= 15 is 0 Å². The average Bonchev–Trinajstić information content (AvgIpc) is 3.07. The molecule has 0 atom stereocenters. The molecule has 0 unspecified atom stereocenters. The van der Waals surface area contributed by atoms with Crippen LogP contribution in [0.3, 0.4) is 0 Å². The first-order valence-corrected chi connectivity index (χ1v) is 10.3. The van der Waals surface area contributed by atoms with Crippen LogP contribution in [0.5, 0.6) is 5.75 Å². The fourth-order valence-electron chi connectivity index (χ4n) is 2.55. The highest BCUT2D eigenvalue weighted by molar-refractivity contribution is 7.92. The molecule has 0 spiro atoms. The number of aromatic nitrogens is 1. The van der Waals surface area contributed by atoms with Crippen molar-refractivity contribution in [1.29, 1.82) is 0 Å². The zero-order valence-electron chi connectivity index (χ0n) is 16.2. The number of sulfonamides is 1. The summed E-state index contributed by atoms with van der Waals surface area (Å²) in [5.41, 5.74) is 2.51. The maximum absolute atomic E-state index is 12.4. The van der Waals surface area contributed by atoms with E-state index in [1.165, 1.54) is 30.3 Å². The molecule has 0 saturated carbocycles. The molecular weight excluding hydrogens is 394 g/mol. The van der Waals surface area contributed by atoms with Gasteiger partial charge in [0, 0.05) is 11.8 Å². The van der Waals surface area contributed by atoms with Gasteiger partial charge >= 0.3 is 0 Å². The molecule has 1 heterocycles. The number of hydrogen-bond donors (Lipinski definition) is 2. The first-order valence-electron chi connectivity index (χ1n) is 8.80. The summed E-state index contributed by atoms with van der Waals surface area (Å²) in [6.45, 7) is 5.40. The van der Waals surface area contributed by atoms with Gasteiger partial charge in [0.25, 0.3) is 15.9 Å². The fourth-order valence-corrected chi connectivity index (χ4v) is 3.53. The van der Waals surface area contributed by atoms with Crippen LogP contribution in [0, 0.1) is 20.8 Å². The van der Waals surface area contributed by atoms with Crippen molar-refractivity contribution in [1.82, 2.24) is 5.16 Å². The summed E-state index contributed by atoms with van der Waals surface area (Å²) in [6, 6.07) is 12.9. The van der Waals surface area contributed by atoms with E-state index in [1.807, 2.05) is 26.0 Å². The van der Waals surface area contributed by atoms with Gasteiger partial charge in [-0.2, -0.15) is 0 Å². The van der Waals surface area contributed by atoms with Crippen LogP contribution < -0.4 is 14.8 Å². The normalized spacial score (nSPS) is 11.1. The van der Waals surface area contributed by atoms with Crippen LogP contribution in [0.4, 0.5) is 11.5 Å². The summed E-state index contributed by atoms with van der Waals surface area (Å²) < 4.78 is 37.5. The van der Waals surface area contributed by atoms with Crippen molar-refractivity contribution in [2.45, 2.75) is 25.7 Å². The van der Waals surface area contributed by atoms with Gasteiger partial charge in [0.15, 0.2) is 12.4 Å². The summed E-state index contributed by atoms with van der Waals surface area (Å²) in [5.74, 6) is 0.890. The number of amides is 1. The number of carbonyl (C=O) groups is 1. The number of ether oxygens (including phenoxy) is 1. The van der Waals surface area contributed by atoms with E-state index < -0.39 is 10.0 Å². The van der Waals surface area contributed by atoms with Gasteiger partial charge in [-0.15, -0.1) is 0 Å². The Balaban J connectivity index is 1.59. The number of nitrogens with one attached hydrogen (secondary N) is 2. The van der Waals surface area contributed by atoms with Crippen molar-refractivity contribution in [3.63, 3.8) is 0 Å². The monoisotopic (exact) mass is 415 g/mol. The molecular formula is C20H21N3O5S. The Kier molecular flexibility index (Phi) is 5.88. The van der Waals surface area contributed by atoms with Crippen molar-refractivity contribution >= 4 is 27.4 Å². The van der Waals surface area contributed by atoms with Crippen molar-refractivity contribution in [3.8, 4) is 5.75 Å². The van der Waals surface area contributed by atoms with Crippen LogP contribution >= 0.6 is 0 Å². The lowest BCUT2D eigenvalue weighted by atomic mass is 10.1. The summed E-state index contributed by atoms with van der Waals surface area (Å²) in [7, 11) is -3.81. The minimum absolute atomic E-state index is 0.0304. The Bertz CT molecular complexity index is 1120. The Labute approximate surface area is 168 Å². The molecule has 1 aromatic heterocycles. The van der Waals surface area contributed by atoms with Crippen LogP contribution in [0.15, 0.2) is 57.9 Å². The van der Waals surface area contributed by atoms with Gasteiger partial charge in [-0.05, 0) is 62.2 Å². The average molecular weight is 415 g/mol. The molecule has 0 aliphatic rings. The van der Waals surface area contributed by atoms with Crippen LogP contribution in [0.25, 0.3) is 0 Å². The largest absolute Gasteiger partial charge is 0.483 e. The Hall–Kier alpha value is -3.33. The van der Waals surface area contributed by atoms with Crippen molar-refractivity contribution in [3.05, 3.63) is 65.4 Å². The topological polar surface area (TPSA) is 111 Å². The summed E-state index contributed by atoms with van der Waals surface area (Å²) in [5, 5.41) is 6.28. The second-order valence-electron chi connectivity index (χ2n) is 6.49. The van der Waals surface area contributed by atoms with Gasteiger partial charge < -0.3 is 14.6 Å². The lowest BCUT2D eigenvalue weighted by Gasteiger charge is -2.11. The van der Waals surface area contributed by atoms with Gasteiger partial charge in [-0.1, -0.05) is 17.3 Å². The summed E-state index contributed by atoms with van der Waals surface area (Å²) in [4.78, 5) is 12.2. The summed E-state index contributed by atoms with van der Waals surface area (Å²) >= 11 is 0. The van der Waals surface area contributed by atoms with E-state index in [4.69, 9.17) is 9.26 Å². The third kappa shape index (κ3) is 5.14. The van der Waals surface area contributed by atoms with Crippen molar-refractivity contribution < 1.29 is 22.5 Å². The Morgan fingerprint density at radius 1 is 1.10 bits per heavy atom. The lowest BCUT2D eigenvalue weighted by molar-refractivity contribution is -0.118. The van der Waals surface area contributed by atoms with E-state index in [1.54, 1.807) is 13.0 Å². The van der Waals surface area contributed by atoms with E-state index in [2.05, 4.69) is 15.2 Å². The number of nitrogens with zero attached hydrogens (tertiary/aromatic N) is 1. The van der Waals surface area contributed by atoms with Crippen LogP contribution in [0.1, 0.15) is 16.9 Å². The third-order valence-electron chi connectivity index (χ3n) is 4.23. The Morgan fingerprint density at radius 2 is 1.83 bits per heavy atom. The highest BCUT2D eigenvalue weighted by atomic mass is 32.2. The standard InChI is InChI=1S/C20H21N3O5S/c1-13-5-4-6-18(15(13)3)27-12-20(24)21-16-7-9-17(10-8-16)29(25,26)23-19-11-14(2)28-22-19/h4-11H,12H2,1-3H3,(H,21,24)(H,22,23). The van der Waals surface area contributed by atoms with Gasteiger partial charge in [-0.3, -0.25) is 9.52 Å². The molecule has 3 aromatic rings. The van der Waals surface area contributed by atoms with E-state index in [9.17, 15) is 13.2 Å². The molecule has 0 bridgehead atoms. The SMILES string of the molecule is Cc1cc(NS(=O)(=O)c2ccc(NC(=O)COc3cccc(C)c3C)cc2)no1. The molecule has 2 N–H and O–H groups in total. The molecule has 0 aliphatic carbocycles. The van der Waals surface area contributed by atoms with Crippen LogP contribution in [-0.4, -0.2) is 26.1 Å². The zero-order chi connectivity index (χ0) is 21.0. The second kappa shape index (κ2) is 8.36. The van der Waals surface area contributed by atoms with Crippen LogP contribution in [-0.2, 0) is 14.8 Å². The predicted octanol–water partition coefficient (Wildman–Crippen LogP) is 3.42. The smallest absolute Gasteiger partial charge is 0.263 e. The van der Waals surface area contributed by atoms with Gasteiger partial charge in [0.1, 0.15) is 11.5 Å². The molecule has 0 fully saturated rings. The predicted molar refractivity (Wildman–Crippen MR) is 109 cm³/mol. The first-order chi connectivity index (χ1) is 13.7. The third-order valence-corrected chi connectivity index (χ3v) is 5.60. The fraction of sp³-hybridized carbons (Fsp3) is 0.200. The van der Waals surface area contributed by atoms with Gasteiger partial charge in [0.05, 0.1) is 4.90 Å². The zero-order valence-corrected chi connectivity index (χ0v) is 17.0. The van der Waals surface area contributed by atoms with Crippen molar-refractivity contribution in [2.75, 3.05) is 16.6 Å². The summed E-state index contributed by atoms with van der Waals surface area (Å²) in [6.07, 6.45) is 0. The second-order valence-corrected chi connectivity index (χ2v) is 8.17. The molecule has 9 heteroatoms. The lowest BCUT2D eigenvalue weighted by Crippen LogP contribution is -2.20. The van der Waals surface area contributed by atoms with E-state index in [-0.39, 0.29) is 23.2 Å². The highest BCUT2D eigenvalue weighted by Crippen LogP contribution is 2.21. The minimum Gasteiger partial charge on any atom is -0.483 e. The number of aryl methyl sites for hydroxylation is 2. The van der Waals surface area contributed by atoms with Crippen LogP contribution in [0.2, 0.25) is 0 Å². The molecule has 0 aliphatic heterocycles. The Morgan fingerprint density at radius 3 is 2.48 bits per heavy atom. The molecule has 29 heavy (non-hydrogen) atoms. The van der Waals surface area contributed by atoms with Gasteiger partial charge in [-0.25, -0.2) is 8.42 Å². The van der Waals surface area contributed by atoms with Gasteiger partial charge in [0.2, 0.25) is 0 Å². The molecule has 152 valence electrons. The molecule has 0 saturated heterocycles. The van der Waals surface area contributed by atoms with E-state index in [0.717, 1.165) is 11.1 Å². The van der Waals surface area contributed by atoms with Crippen molar-refractivity contribution in [2.24, 2.45) is 0 Å². The molecule has 1 amide bonds. The molecule has 3 rings (SSSR count). The first kappa shape index (κ1) is 20.4. The number of rotatable bonds is 7. The quantitative estimate of drug-likeness (QED) is 0.612. The number of hydrogen-bond acceptors (Lipinski definition) is 6.